The van der Waals surface area contributed by atoms with Crippen LogP contribution in [0, 0.1) is 6.92 Å². The molecule has 0 radical (unpaired) electrons. The van der Waals surface area contributed by atoms with Crippen molar-refractivity contribution in [2.75, 3.05) is 45.3 Å². The first kappa shape index (κ1) is 14.2. The molecule has 0 atom stereocenters. The van der Waals surface area contributed by atoms with Crippen LogP contribution in [-0.2, 0) is 4.74 Å². The molecule has 19 heavy (non-hydrogen) atoms. The molecule has 6 heteroatoms. The van der Waals surface area contributed by atoms with Crippen LogP contribution in [0.3, 0.4) is 0 Å². The third-order valence-electron chi connectivity index (χ3n) is 2.98. The van der Waals surface area contributed by atoms with Crippen molar-refractivity contribution in [1.82, 2.24) is 15.3 Å². The first-order valence-corrected chi connectivity index (χ1v) is 7.21. The van der Waals surface area contributed by atoms with Gasteiger partial charge in [-0.15, -0.1) is 11.3 Å². The van der Waals surface area contributed by atoms with Crippen molar-refractivity contribution in [2.24, 2.45) is 0 Å². The van der Waals surface area contributed by atoms with Crippen LogP contribution >= 0.6 is 11.3 Å². The predicted octanol–water partition coefficient (Wildman–Crippen LogP) is 1.67. The average Bonchev–Trinajstić information content (AvgIpc) is 2.80. The zero-order valence-electron chi connectivity index (χ0n) is 11.6. The van der Waals surface area contributed by atoms with E-state index in [0.29, 0.717) is 0 Å². The maximum atomic E-state index is 5.00. The molecule has 2 rings (SSSR count). The van der Waals surface area contributed by atoms with Crippen molar-refractivity contribution in [2.45, 2.75) is 6.92 Å². The molecule has 0 aliphatic rings. The Hall–Kier alpha value is -1.24. The smallest absolute Gasteiger partial charge is 0.149 e. The van der Waals surface area contributed by atoms with Crippen LogP contribution in [0.2, 0.25) is 0 Å². The lowest BCUT2D eigenvalue weighted by Gasteiger charge is -2.18. The second-order valence-electron chi connectivity index (χ2n) is 4.46. The number of thiophene rings is 1. The number of hydrogen-bond acceptors (Lipinski definition) is 6. The lowest BCUT2D eigenvalue weighted by Crippen LogP contribution is -2.31. The molecule has 0 amide bonds. The first-order chi connectivity index (χ1) is 9.24. The quantitative estimate of drug-likeness (QED) is 0.782. The van der Waals surface area contributed by atoms with Gasteiger partial charge in [0.2, 0.25) is 0 Å². The van der Waals surface area contributed by atoms with Crippen LogP contribution < -0.4 is 10.2 Å². The molecule has 0 saturated carbocycles. The van der Waals surface area contributed by atoms with Crippen molar-refractivity contribution in [3.63, 3.8) is 0 Å². The highest BCUT2D eigenvalue weighted by Crippen LogP contribution is 2.29. The van der Waals surface area contributed by atoms with E-state index >= 15 is 0 Å². The maximum absolute atomic E-state index is 5.00. The fraction of sp³-hybridized carbons (Fsp3) is 0.538. The van der Waals surface area contributed by atoms with E-state index in [-0.39, 0.29) is 0 Å². The number of methoxy groups -OCH3 is 1. The Morgan fingerprint density at radius 1 is 1.37 bits per heavy atom. The largest absolute Gasteiger partial charge is 0.383 e. The third kappa shape index (κ3) is 3.40. The van der Waals surface area contributed by atoms with E-state index < -0.39 is 0 Å². The van der Waals surface area contributed by atoms with Gasteiger partial charge in [-0.2, -0.15) is 0 Å². The van der Waals surface area contributed by atoms with E-state index in [1.165, 1.54) is 10.3 Å². The van der Waals surface area contributed by atoms with Gasteiger partial charge in [0.1, 0.15) is 12.1 Å². The highest BCUT2D eigenvalue weighted by molar-refractivity contribution is 7.18. The normalized spacial score (nSPS) is 11.1. The summed E-state index contributed by atoms with van der Waals surface area (Å²) in [6.45, 7) is 5.53. The number of nitrogens with zero attached hydrogens (tertiary/aromatic N) is 3. The molecule has 2 aromatic rings. The molecule has 0 unspecified atom stereocenters. The minimum absolute atomic E-state index is 0.742. The standard InChI is InChI=1S/C13H20N4OS/c1-10-8-19-12-11(10)15-9-16-13(12)17(2)6-4-14-5-7-18-3/h8-9,14H,4-7H2,1-3H3. The van der Waals surface area contributed by atoms with Crippen LogP contribution in [-0.4, -0.2) is 50.4 Å². The van der Waals surface area contributed by atoms with Crippen LogP contribution in [0.15, 0.2) is 11.7 Å². The summed E-state index contributed by atoms with van der Waals surface area (Å²) in [6, 6.07) is 0. The molecule has 0 spiro atoms. The Bertz CT molecular complexity index is 528. The van der Waals surface area contributed by atoms with Gasteiger partial charge >= 0.3 is 0 Å². The number of hydrogen-bond donors (Lipinski definition) is 1. The number of likely N-dealkylation sites (N-methyl/N-ethyl adjacent to an activating group) is 1. The summed E-state index contributed by atoms with van der Waals surface area (Å²) in [5, 5.41) is 5.47. The van der Waals surface area contributed by atoms with Crippen molar-refractivity contribution in [1.29, 1.82) is 0 Å². The Balaban J connectivity index is 1.99. The third-order valence-corrected chi connectivity index (χ3v) is 4.06. The molecule has 1 N–H and O–H groups in total. The van der Waals surface area contributed by atoms with Crippen LogP contribution in [0.1, 0.15) is 5.56 Å². The topological polar surface area (TPSA) is 50.3 Å². The summed E-state index contributed by atoms with van der Waals surface area (Å²) < 4.78 is 6.16. The molecule has 0 fully saturated rings. The van der Waals surface area contributed by atoms with Crippen LogP contribution in [0.4, 0.5) is 5.82 Å². The van der Waals surface area contributed by atoms with E-state index in [1.54, 1.807) is 24.8 Å². The molecule has 2 heterocycles. The SMILES string of the molecule is COCCNCCN(C)c1ncnc2c(C)csc12. The van der Waals surface area contributed by atoms with Crippen molar-refractivity contribution in [3.8, 4) is 0 Å². The second kappa shape index (κ2) is 6.79. The van der Waals surface area contributed by atoms with Gasteiger partial charge < -0.3 is 15.0 Å². The fourth-order valence-electron chi connectivity index (χ4n) is 1.88. The summed E-state index contributed by atoms with van der Waals surface area (Å²) in [7, 11) is 3.78. The number of fused-ring (bicyclic) bond motifs is 1. The highest BCUT2D eigenvalue weighted by Gasteiger charge is 2.11. The van der Waals surface area contributed by atoms with Crippen molar-refractivity contribution >= 4 is 27.4 Å². The van der Waals surface area contributed by atoms with E-state index in [2.05, 4.69) is 39.5 Å². The lowest BCUT2D eigenvalue weighted by atomic mass is 10.3. The predicted molar refractivity (Wildman–Crippen MR) is 80.2 cm³/mol. The zero-order chi connectivity index (χ0) is 13.7. The molecule has 0 aliphatic heterocycles. The summed E-state index contributed by atoms with van der Waals surface area (Å²) in [5.74, 6) is 1.01. The summed E-state index contributed by atoms with van der Waals surface area (Å²) in [4.78, 5) is 10.9. The molecular weight excluding hydrogens is 260 g/mol. The summed E-state index contributed by atoms with van der Waals surface area (Å²) in [5.41, 5.74) is 2.28. The summed E-state index contributed by atoms with van der Waals surface area (Å²) >= 11 is 1.71. The van der Waals surface area contributed by atoms with Gasteiger partial charge in [0.05, 0.1) is 16.8 Å². The minimum Gasteiger partial charge on any atom is -0.383 e. The lowest BCUT2D eigenvalue weighted by molar-refractivity contribution is 0.200. The van der Waals surface area contributed by atoms with Gasteiger partial charge in [-0.25, -0.2) is 9.97 Å². The number of rotatable bonds is 7. The highest BCUT2D eigenvalue weighted by atomic mass is 32.1. The molecule has 2 aromatic heterocycles. The van der Waals surface area contributed by atoms with Gasteiger partial charge in [-0.05, 0) is 17.9 Å². The molecule has 0 aliphatic carbocycles. The van der Waals surface area contributed by atoms with Gasteiger partial charge in [-0.1, -0.05) is 0 Å². The summed E-state index contributed by atoms with van der Waals surface area (Å²) in [6.07, 6.45) is 1.65. The first-order valence-electron chi connectivity index (χ1n) is 6.33. The number of ether oxygens (including phenoxy) is 1. The van der Waals surface area contributed by atoms with Crippen molar-refractivity contribution < 1.29 is 4.74 Å². The number of anilines is 1. The number of aryl methyl sites for hydroxylation is 1. The molecule has 104 valence electrons. The van der Waals surface area contributed by atoms with Crippen LogP contribution in [0.5, 0.6) is 0 Å². The zero-order valence-corrected chi connectivity index (χ0v) is 12.5. The molecule has 0 aromatic carbocycles. The van der Waals surface area contributed by atoms with Crippen LogP contribution in [0.25, 0.3) is 10.2 Å². The Morgan fingerprint density at radius 3 is 3.00 bits per heavy atom. The fourth-order valence-corrected chi connectivity index (χ4v) is 2.93. The van der Waals surface area contributed by atoms with E-state index in [9.17, 15) is 0 Å². The van der Waals surface area contributed by atoms with Gasteiger partial charge in [-0.3, -0.25) is 0 Å². The van der Waals surface area contributed by atoms with E-state index in [1.807, 2.05) is 0 Å². The monoisotopic (exact) mass is 280 g/mol. The minimum atomic E-state index is 0.742. The van der Waals surface area contributed by atoms with Crippen molar-refractivity contribution in [3.05, 3.63) is 17.3 Å². The van der Waals surface area contributed by atoms with Gasteiger partial charge in [0, 0.05) is 33.8 Å². The Labute approximate surface area is 117 Å². The Morgan fingerprint density at radius 2 is 2.21 bits per heavy atom. The van der Waals surface area contributed by atoms with E-state index in [0.717, 1.165) is 37.6 Å². The van der Waals surface area contributed by atoms with Gasteiger partial charge in [0.25, 0.3) is 0 Å². The van der Waals surface area contributed by atoms with E-state index in [4.69, 9.17) is 4.74 Å². The molecule has 0 bridgehead atoms. The molecule has 0 saturated heterocycles. The molecular formula is C13H20N4OS. The Kier molecular flexibility index (Phi) is 5.07. The van der Waals surface area contributed by atoms with Gasteiger partial charge in [0.15, 0.2) is 0 Å². The second-order valence-corrected chi connectivity index (χ2v) is 5.34. The maximum Gasteiger partial charge on any atom is 0.149 e. The number of nitrogens with one attached hydrogen (secondary N) is 1. The average molecular weight is 280 g/mol. The molecule has 5 nitrogen and oxygen atoms in total. The number of aromatic nitrogens is 2.